The van der Waals surface area contributed by atoms with Crippen LogP contribution in [-0.4, -0.2) is 35.0 Å². The number of nitrogens with zero attached hydrogens (tertiary/aromatic N) is 2. The topological polar surface area (TPSA) is 129 Å². The minimum atomic E-state index is -4.54. The molecule has 134 valence electrons. The molecule has 0 bridgehead atoms. The van der Waals surface area contributed by atoms with Crippen molar-refractivity contribution in [1.82, 2.24) is 3.97 Å². The van der Waals surface area contributed by atoms with Gasteiger partial charge in [0.1, 0.15) is 5.69 Å². The van der Waals surface area contributed by atoms with Crippen molar-refractivity contribution in [2.24, 2.45) is 0 Å². The number of benzene rings is 1. The summed E-state index contributed by atoms with van der Waals surface area (Å²) >= 11 is 5.77. The van der Waals surface area contributed by atoms with Crippen molar-refractivity contribution < 1.29 is 28.0 Å². The van der Waals surface area contributed by atoms with Crippen LogP contribution in [0.15, 0.2) is 35.4 Å². The Morgan fingerprint density at radius 3 is 2.64 bits per heavy atom. The van der Waals surface area contributed by atoms with Crippen molar-refractivity contribution in [2.45, 2.75) is 18.4 Å². The van der Waals surface area contributed by atoms with E-state index in [1.165, 1.54) is 13.0 Å². The van der Waals surface area contributed by atoms with Crippen molar-refractivity contribution in [3.63, 3.8) is 0 Å². The molecule has 0 unspecified atom stereocenters. The first kappa shape index (κ1) is 18.9. The van der Waals surface area contributed by atoms with Gasteiger partial charge < -0.3 is 9.84 Å². The molecule has 1 heterocycles. The minimum absolute atomic E-state index is 0.00413. The molecule has 1 N–H and O–H groups in total. The van der Waals surface area contributed by atoms with E-state index in [4.69, 9.17) is 16.3 Å². The number of aliphatic hydroxyl groups excluding tert-OH is 1. The minimum Gasteiger partial charge on any atom is -0.461 e. The number of carbonyl (C=O) groups is 1. The number of nitro benzene ring substituents is 1. The van der Waals surface area contributed by atoms with Crippen molar-refractivity contribution in [1.29, 1.82) is 0 Å². The fraction of sp³-hybridized carbons (Fsp3) is 0.214. The monoisotopic (exact) mass is 388 g/mol. The van der Waals surface area contributed by atoms with Crippen molar-refractivity contribution in [2.75, 3.05) is 6.61 Å². The van der Waals surface area contributed by atoms with Crippen LogP contribution in [0.2, 0.25) is 5.02 Å². The summed E-state index contributed by atoms with van der Waals surface area (Å²) in [6, 6.07) is 4.18. The summed E-state index contributed by atoms with van der Waals surface area (Å²) in [5.74, 6) is -0.949. The van der Waals surface area contributed by atoms with E-state index < -0.39 is 38.1 Å². The van der Waals surface area contributed by atoms with E-state index in [0.29, 0.717) is 3.97 Å². The van der Waals surface area contributed by atoms with Crippen LogP contribution in [0, 0.1) is 10.1 Å². The third kappa shape index (κ3) is 3.65. The predicted octanol–water partition coefficient (Wildman–Crippen LogP) is 1.96. The zero-order valence-corrected chi connectivity index (χ0v) is 14.5. The summed E-state index contributed by atoms with van der Waals surface area (Å²) in [6.45, 7) is 0.997. The second-order valence-electron chi connectivity index (χ2n) is 4.78. The van der Waals surface area contributed by atoms with Gasteiger partial charge in [-0.25, -0.2) is 17.2 Å². The summed E-state index contributed by atoms with van der Waals surface area (Å²) in [7, 11) is -4.54. The van der Waals surface area contributed by atoms with E-state index in [-0.39, 0.29) is 22.9 Å². The quantitative estimate of drug-likeness (QED) is 0.454. The van der Waals surface area contributed by atoms with Crippen LogP contribution < -0.4 is 0 Å². The molecular formula is C14H13ClN2O7S. The summed E-state index contributed by atoms with van der Waals surface area (Å²) in [5, 5.41) is 20.3. The van der Waals surface area contributed by atoms with E-state index in [1.54, 1.807) is 0 Å². The lowest BCUT2D eigenvalue weighted by Gasteiger charge is -2.10. The second-order valence-corrected chi connectivity index (χ2v) is 7.00. The van der Waals surface area contributed by atoms with E-state index >= 15 is 0 Å². The third-order valence-corrected chi connectivity index (χ3v) is 5.10. The number of carbonyl (C=O) groups excluding carboxylic acids is 1. The second kappa shape index (κ2) is 7.21. The number of hydrogen-bond acceptors (Lipinski definition) is 7. The maximum Gasteiger partial charge on any atom is 0.356 e. The highest BCUT2D eigenvalue weighted by Gasteiger charge is 2.31. The van der Waals surface area contributed by atoms with Gasteiger partial charge in [0.15, 0.2) is 4.90 Å². The van der Waals surface area contributed by atoms with E-state index in [0.717, 1.165) is 24.4 Å². The standard InChI is InChI=1S/C14H13ClN2O7S/c1-2-24-14(19)12-5-9(8-18)7-16(12)25(22,23)13-6-10(15)3-4-11(13)17(20)21/h3-7,18H,2,8H2,1H3. The Hall–Kier alpha value is -2.43. The Labute approximate surface area is 147 Å². The Morgan fingerprint density at radius 2 is 2.08 bits per heavy atom. The number of rotatable bonds is 6. The lowest BCUT2D eigenvalue weighted by atomic mass is 10.3. The van der Waals surface area contributed by atoms with Gasteiger partial charge in [-0.05, 0) is 30.7 Å². The van der Waals surface area contributed by atoms with E-state index in [1.807, 2.05) is 0 Å². The highest BCUT2D eigenvalue weighted by molar-refractivity contribution is 7.90. The van der Waals surface area contributed by atoms with Crippen LogP contribution in [0.25, 0.3) is 0 Å². The Morgan fingerprint density at radius 1 is 1.40 bits per heavy atom. The molecule has 0 saturated carbocycles. The molecule has 2 aromatic rings. The van der Waals surface area contributed by atoms with Crippen LogP contribution in [0.5, 0.6) is 0 Å². The van der Waals surface area contributed by atoms with Crippen LogP contribution in [0.4, 0.5) is 5.69 Å². The molecule has 0 spiro atoms. The molecule has 2 rings (SSSR count). The number of halogens is 1. The van der Waals surface area contributed by atoms with Gasteiger partial charge in [-0.2, -0.15) is 0 Å². The third-order valence-electron chi connectivity index (χ3n) is 3.17. The maximum atomic E-state index is 12.9. The molecule has 0 radical (unpaired) electrons. The smallest absolute Gasteiger partial charge is 0.356 e. The molecule has 25 heavy (non-hydrogen) atoms. The van der Waals surface area contributed by atoms with Gasteiger partial charge in [-0.3, -0.25) is 10.1 Å². The number of hydrogen-bond donors (Lipinski definition) is 1. The maximum absolute atomic E-state index is 12.9. The van der Waals surface area contributed by atoms with Crippen LogP contribution in [0.1, 0.15) is 23.0 Å². The molecule has 0 fully saturated rings. The molecule has 11 heteroatoms. The van der Waals surface area contributed by atoms with Gasteiger partial charge in [0.05, 0.1) is 18.1 Å². The average molecular weight is 389 g/mol. The normalized spacial score (nSPS) is 11.3. The molecule has 0 atom stereocenters. The average Bonchev–Trinajstić information content (AvgIpc) is 3.00. The van der Waals surface area contributed by atoms with Crippen LogP contribution in [-0.2, 0) is 21.4 Å². The first-order valence-electron chi connectivity index (χ1n) is 6.91. The summed E-state index contributed by atoms with van der Waals surface area (Å²) in [5.41, 5.74) is -0.963. The number of aliphatic hydroxyl groups is 1. The molecule has 0 saturated heterocycles. The molecule has 0 aliphatic carbocycles. The number of aromatic nitrogens is 1. The first-order valence-corrected chi connectivity index (χ1v) is 8.73. The Balaban J connectivity index is 2.73. The lowest BCUT2D eigenvalue weighted by Crippen LogP contribution is -2.20. The van der Waals surface area contributed by atoms with Crippen molar-refractivity contribution in [3.05, 3.63) is 56.9 Å². The number of ether oxygens (including phenoxy) is 1. The van der Waals surface area contributed by atoms with E-state index in [2.05, 4.69) is 0 Å². The highest BCUT2D eigenvalue weighted by Crippen LogP contribution is 2.30. The molecule has 1 aromatic carbocycles. The molecular weight excluding hydrogens is 376 g/mol. The van der Waals surface area contributed by atoms with Gasteiger partial charge in [0.2, 0.25) is 0 Å². The predicted molar refractivity (Wildman–Crippen MR) is 87.0 cm³/mol. The molecule has 0 aliphatic heterocycles. The lowest BCUT2D eigenvalue weighted by molar-refractivity contribution is -0.387. The van der Waals surface area contributed by atoms with Gasteiger partial charge in [0.25, 0.3) is 15.7 Å². The molecule has 0 amide bonds. The molecule has 0 aliphatic rings. The van der Waals surface area contributed by atoms with Gasteiger partial charge in [-0.1, -0.05) is 11.6 Å². The van der Waals surface area contributed by atoms with Crippen LogP contribution >= 0.6 is 11.6 Å². The molecule has 1 aromatic heterocycles. The zero-order valence-electron chi connectivity index (χ0n) is 12.9. The van der Waals surface area contributed by atoms with Gasteiger partial charge >= 0.3 is 5.97 Å². The van der Waals surface area contributed by atoms with Gasteiger partial charge in [-0.15, -0.1) is 0 Å². The van der Waals surface area contributed by atoms with Crippen molar-refractivity contribution in [3.8, 4) is 0 Å². The zero-order chi connectivity index (χ0) is 18.8. The first-order chi connectivity index (χ1) is 11.7. The Kier molecular flexibility index (Phi) is 5.45. The van der Waals surface area contributed by atoms with Gasteiger partial charge in [0, 0.05) is 17.3 Å². The largest absolute Gasteiger partial charge is 0.461 e. The summed E-state index contributed by atoms with van der Waals surface area (Å²) in [4.78, 5) is 21.6. The summed E-state index contributed by atoms with van der Waals surface area (Å²) < 4.78 is 31.1. The van der Waals surface area contributed by atoms with E-state index in [9.17, 15) is 28.4 Å². The fourth-order valence-electron chi connectivity index (χ4n) is 2.09. The SMILES string of the molecule is CCOC(=O)c1cc(CO)cn1S(=O)(=O)c1cc(Cl)ccc1[N+](=O)[O-]. The number of nitro groups is 1. The van der Waals surface area contributed by atoms with Crippen molar-refractivity contribution >= 4 is 33.3 Å². The highest BCUT2D eigenvalue weighted by atomic mass is 35.5. The van der Waals surface area contributed by atoms with Crippen LogP contribution in [0.3, 0.4) is 0 Å². The molecule has 9 nitrogen and oxygen atoms in total. The number of esters is 1. The fourth-order valence-corrected chi connectivity index (χ4v) is 3.88. The summed E-state index contributed by atoms with van der Waals surface area (Å²) in [6.07, 6.45) is 0.992. The Bertz CT molecular complexity index is 937.